The van der Waals surface area contributed by atoms with Crippen LogP contribution < -0.4 is 16.5 Å². The molecule has 0 saturated heterocycles. The molecular formula is C14H13F3N4OS. The molecule has 0 atom stereocenters. The molecule has 0 radical (unpaired) electrons. The van der Waals surface area contributed by atoms with Gasteiger partial charge in [0.2, 0.25) is 5.49 Å². The van der Waals surface area contributed by atoms with Gasteiger partial charge in [-0.05, 0) is 24.6 Å². The van der Waals surface area contributed by atoms with Gasteiger partial charge in [0, 0.05) is 19.4 Å². The van der Waals surface area contributed by atoms with Crippen molar-refractivity contribution in [3.8, 4) is 5.69 Å². The summed E-state index contributed by atoms with van der Waals surface area (Å²) in [5.74, 6) is 0. The van der Waals surface area contributed by atoms with E-state index in [-0.39, 0.29) is 16.7 Å². The van der Waals surface area contributed by atoms with E-state index in [0.29, 0.717) is 0 Å². The van der Waals surface area contributed by atoms with Gasteiger partial charge >= 0.3 is 6.18 Å². The molecule has 0 aliphatic rings. The summed E-state index contributed by atoms with van der Waals surface area (Å²) in [5.41, 5.74) is 2.25. The number of halogens is 3. The average molecular weight is 342 g/mol. The molecule has 0 aliphatic heterocycles. The summed E-state index contributed by atoms with van der Waals surface area (Å²) < 4.78 is 41.6. The Bertz CT molecular complexity index is 868. The summed E-state index contributed by atoms with van der Waals surface area (Å²) >= 11 is 4.57. The molecule has 0 spiro atoms. The van der Waals surface area contributed by atoms with Crippen molar-refractivity contribution in [3.05, 3.63) is 57.6 Å². The van der Waals surface area contributed by atoms with Crippen LogP contribution in [0, 0.1) is 6.92 Å². The zero-order valence-corrected chi connectivity index (χ0v) is 13.1. The summed E-state index contributed by atoms with van der Waals surface area (Å²) in [5, 5.41) is 3.81. The van der Waals surface area contributed by atoms with Crippen molar-refractivity contribution in [2.24, 2.45) is 12.1 Å². The van der Waals surface area contributed by atoms with Gasteiger partial charge in [-0.25, -0.2) is 0 Å². The van der Waals surface area contributed by atoms with Crippen LogP contribution in [0.3, 0.4) is 0 Å². The van der Waals surface area contributed by atoms with E-state index in [1.807, 2.05) is 0 Å². The molecule has 0 bridgehead atoms. The van der Waals surface area contributed by atoms with Crippen LogP contribution in [0.2, 0.25) is 0 Å². The molecule has 1 heterocycles. The lowest BCUT2D eigenvalue weighted by Crippen LogP contribution is -2.41. The molecular weight excluding hydrogens is 329 g/mol. The molecule has 0 aliphatic carbocycles. The molecule has 2 aromatic rings. The number of thiocarbonyl (C=S) groups is 1. The smallest absolute Gasteiger partial charge is 0.329 e. The summed E-state index contributed by atoms with van der Waals surface area (Å²) in [6.45, 7) is 1.32. The molecule has 1 N–H and O–H groups in total. The average Bonchev–Trinajstić information content (AvgIpc) is 2.47. The van der Waals surface area contributed by atoms with Crippen molar-refractivity contribution in [2.45, 2.75) is 13.1 Å². The zero-order chi connectivity index (χ0) is 17.2. The molecule has 1 aromatic heterocycles. The first-order chi connectivity index (χ1) is 10.8. The van der Waals surface area contributed by atoms with E-state index in [1.54, 1.807) is 7.05 Å². The molecule has 0 fully saturated rings. The fourth-order valence-electron chi connectivity index (χ4n) is 2.16. The lowest BCUT2D eigenvalue weighted by atomic mass is 10.1. The van der Waals surface area contributed by atoms with Gasteiger partial charge in [-0.3, -0.25) is 14.8 Å². The minimum Gasteiger partial charge on any atom is -0.329 e. The van der Waals surface area contributed by atoms with Crippen LogP contribution in [0.4, 0.5) is 13.2 Å². The maximum absolute atomic E-state index is 13.0. The van der Waals surface area contributed by atoms with Gasteiger partial charge in [0.05, 0.1) is 16.7 Å². The Hall–Kier alpha value is -2.42. The van der Waals surface area contributed by atoms with Crippen molar-refractivity contribution in [1.29, 1.82) is 0 Å². The maximum Gasteiger partial charge on any atom is 0.416 e. The minimum absolute atomic E-state index is 0.00501. The molecule has 0 saturated carbocycles. The van der Waals surface area contributed by atoms with Crippen LogP contribution in [0.25, 0.3) is 5.69 Å². The van der Waals surface area contributed by atoms with Gasteiger partial charge in [0.1, 0.15) is 0 Å². The van der Waals surface area contributed by atoms with Crippen LogP contribution in [0.1, 0.15) is 11.1 Å². The number of hydrogen-bond donors (Lipinski definition) is 1. The third-order valence-electron chi connectivity index (χ3n) is 3.28. The minimum atomic E-state index is -4.49. The molecule has 1 aromatic carbocycles. The van der Waals surface area contributed by atoms with Gasteiger partial charge in [0.25, 0.3) is 5.56 Å². The standard InChI is InChI=1S/C14H13F3N4OS/c1-9-10(14(15,16)17)4-3-5-11(9)21-7-6-20(2)12(13(21)22)19-18-8-23/h3-8H,1-2H3,(H,18,23)/b19-12-. The Morgan fingerprint density at radius 1 is 1.30 bits per heavy atom. The van der Waals surface area contributed by atoms with Gasteiger partial charge < -0.3 is 4.57 Å². The molecule has 0 unspecified atom stereocenters. The van der Waals surface area contributed by atoms with Gasteiger partial charge in [-0.15, -0.1) is 0 Å². The second-order valence-electron chi connectivity index (χ2n) is 4.71. The summed E-state index contributed by atoms with van der Waals surface area (Å²) in [7, 11) is 1.59. The van der Waals surface area contributed by atoms with E-state index in [0.717, 1.165) is 16.1 Å². The number of aryl methyl sites for hydroxylation is 1. The zero-order valence-electron chi connectivity index (χ0n) is 12.3. The van der Waals surface area contributed by atoms with Crippen molar-refractivity contribution < 1.29 is 13.2 Å². The fourth-order valence-corrected chi connectivity index (χ4v) is 2.21. The van der Waals surface area contributed by atoms with Crippen molar-refractivity contribution in [2.75, 3.05) is 0 Å². The summed E-state index contributed by atoms with van der Waals surface area (Å²) in [4.78, 5) is 12.5. The van der Waals surface area contributed by atoms with Gasteiger partial charge in [0.15, 0.2) is 0 Å². The number of hydrogen-bond acceptors (Lipinski definition) is 3. The maximum atomic E-state index is 13.0. The molecule has 9 heteroatoms. The number of rotatable bonds is 3. The van der Waals surface area contributed by atoms with Crippen molar-refractivity contribution in [1.82, 2.24) is 14.6 Å². The van der Waals surface area contributed by atoms with Crippen LogP contribution in [-0.4, -0.2) is 14.6 Å². The third-order valence-corrected chi connectivity index (χ3v) is 3.38. The van der Waals surface area contributed by atoms with E-state index >= 15 is 0 Å². The normalized spacial score (nSPS) is 12.3. The highest BCUT2D eigenvalue weighted by Gasteiger charge is 2.33. The van der Waals surface area contributed by atoms with Crippen LogP contribution in [0.15, 0.2) is 40.5 Å². The monoisotopic (exact) mass is 342 g/mol. The highest BCUT2D eigenvalue weighted by Crippen LogP contribution is 2.33. The topological polar surface area (TPSA) is 51.3 Å². The predicted octanol–water partition coefficient (Wildman–Crippen LogP) is 1.87. The number of alkyl halides is 3. The predicted molar refractivity (Wildman–Crippen MR) is 83.1 cm³/mol. The molecule has 122 valence electrons. The quantitative estimate of drug-likeness (QED) is 0.684. The second kappa shape index (κ2) is 6.37. The Morgan fingerprint density at radius 3 is 2.61 bits per heavy atom. The SMILES string of the molecule is Cc1c(-n2ccn(C)/c(=N\NC=S)c2=O)cccc1C(F)(F)F. The van der Waals surface area contributed by atoms with Crippen LogP contribution in [0.5, 0.6) is 0 Å². The Balaban J connectivity index is 2.75. The second-order valence-corrected chi connectivity index (χ2v) is 4.95. The van der Waals surface area contributed by atoms with Gasteiger partial charge in [-0.1, -0.05) is 18.3 Å². The summed E-state index contributed by atoms with van der Waals surface area (Å²) in [6.07, 6.45) is -1.58. The van der Waals surface area contributed by atoms with E-state index in [4.69, 9.17) is 0 Å². The van der Waals surface area contributed by atoms with Crippen molar-refractivity contribution in [3.63, 3.8) is 0 Å². The highest BCUT2D eigenvalue weighted by molar-refractivity contribution is 7.78. The number of aromatic nitrogens is 2. The molecule has 2 rings (SSSR count). The first kappa shape index (κ1) is 16.9. The molecule has 0 amide bonds. The largest absolute Gasteiger partial charge is 0.416 e. The Labute approximate surface area is 134 Å². The highest BCUT2D eigenvalue weighted by atomic mass is 32.1. The van der Waals surface area contributed by atoms with E-state index in [2.05, 4.69) is 22.7 Å². The number of benzene rings is 1. The fraction of sp³-hybridized carbons (Fsp3) is 0.214. The number of nitrogens with zero attached hydrogens (tertiary/aromatic N) is 3. The third kappa shape index (κ3) is 3.34. The molecule has 5 nitrogen and oxygen atoms in total. The Morgan fingerprint density at radius 2 is 2.00 bits per heavy atom. The van der Waals surface area contributed by atoms with E-state index < -0.39 is 17.3 Å². The van der Waals surface area contributed by atoms with E-state index in [1.165, 1.54) is 36.0 Å². The molecule has 23 heavy (non-hydrogen) atoms. The summed E-state index contributed by atoms with van der Waals surface area (Å²) in [6, 6.07) is 3.69. The first-order valence-corrected chi connectivity index (χ1v) is 6.93. The lowest BCUT2D eigenvalue weighted by Gasteiger charge is -2.15. The van der Waals surface area contributed by atoms with Crippen molar-refractivity contribution >= 4 is 17.7 Å². The number of nitrogens with one attached hydrogen (secondary N) is 1. The Kier molecular flexibility index (Phi) is 4.69. The van der Waals surface area contributed by atoms with Crippen LogP contribution >= 0.6 is 12.2 Å². The first-order valence-electron chi connectivity index (χ1n) is 6.45. The van der Waals surface area contributed by atoms with Crippen LogP contribution in [-0.2, 0) is 13.2 Å². The van der Waals surface area contributed by atoms with Gasteiger partial charge in [-0.2, -0.15) is 18.3 Å². The lowest BCUT2D eigenvalue weighted by molar-refractivity contribution is -0.138. The van der Waals surface area contributed by atoms with E-state index in [9.17, 15) is 18.0 Å².